The lowest BCUT2D eigenvalue weighted by Gasteiger charge is -2.03. The molecule has 0 aliphatic rings. The molecule has 5 heteroatoms. The highest BCUT2D eigenvalue weighted by Crippen LogP contribution is 2.20. The number of aromatic hydroxyl groups is 1. The number of carbonyl (C=O) groups is 2. The van der Waals surface area contributed by atoms with Crippen molar-refractivity contribution in [2.75, 3.05) is 13.7 Å². The molecular weight excluding hydrogens is 248 g/mol. The van der Waals surface area contributed by atoms with Crippen LogP contribution in [-0.2, 0) is 14.3 Å². The van der Waals surface area contributed by atoms with E-state index in [0.717, 1.165) is 0 Å². The van der Waals surface area contributed by atoms with Crippen LogP contribution in [0.4, 0.5) is 0 Å². The second-order valence-electron chi connectivity index (χ2n) is 3.68. The van der Waals surface area contributed by atoms with Gasteiger partial charge in [-0.2, -0.15) is 0 Å². The van der Waals surface area contributed by atoms with Crippen molar-refractivity contribution < 1.29 is 24.2 Å². The molecule has 0 atom stereocenters. The van der Waals surface area contributed by atoms with Gasteiger partial charge >= 0.3 is 11.9 Å². The van der Waals surface area contributed by atoms with E-state index in [9.17, 15) is 14.7 Å². The molecular formula is C14H16O5. The standard InChI is InChI=1S/C14H16O5/c1-3-19-13(16)6-4-5-10-7-8-11(9-12(10)15)14(17)18-2/h4-5,7-9,15H,3,6H2,1-2H3. The molecule has 0 radical (unpaired) electrons. The molecule has 0 saturated heterocycles. The Morgan fingerprint density at radius 3 is 2.68 bits per heavy atom. The topological polar surface area (TPSA) is 72.8 Å². The second kappa shape index (κ2) is 7.20. The summed E-state index contributed by atoms with van der Waals surface area (Å²) in [5, 5.41) is 9.73. The molecule has 1 aromatic carbocycles. The summed E-state index contributed by atoms with van der Waals surface area (Å²) in [6.07, 6.45) is 3.31. The Bertz CT molecular complexity index is 491. The van der Waals surface area contributed by atoms with Crippen LogP contribution in [0.3, 0.4) is 0 Å². The largest absolute Gasteiger partial charge is 0.507 e. The first-order chi connectivity index (χ1) is 9.08. The van der Waals surface area contributed by atoms with Crippen molar-refractivity contribution in [3.05, 3.63) is 35.4 Å². The van der Waals surface area contributed by atoms with Crippen molar-refractivity contribution >= 4 is 18.0 Å². The van der Waals surface area contributed by atoms with E-state index in [1.54, 1.807) is 25.1 Å². The van der Waals surface area contributed by atoms with Crippen LogP contribution in [0.25, 0.3) is 6.08 Å². The van der Waals surface area contributed by atoms with Gasteiger partial charge in [0.25, 0.3) is 0 Å². The van der Waals surface area contributed by atoms with E-state index in [1.165, 1.54) is 19.2 Å². The van der Waals surface area contributed by atoms with Gasteiger partial charge in [-0.15, -0.1) is 0 Å². The molecule has 0 spiro atoms. The van der Waals surface area contributed by atoms with Gasteiger partial charge in [-0.3, -0.25) is 4.79 Å². The minimum atomic E-state index is -0.516. The van der Waals surface area contributed by atoms with E-state index in [2.05, 4.69) is 4.74 Å². The molecule has 1 aromatic rings. The summed E-state index contributed by atoms with van der Waals surface area (Å²) in [7, 11) is 1.27. The molecule has 0 fully saturated rings. The van der Waals surface area contributed by atoms with Crippen molar-refractivity contribution in [2.24, 2.45) is 0 Å². The molecule has 5 nitrogen and oxygen atoms in total. The maximum atomic E-state index is 11.2. The third kappa shape index (κ3) is 4.46. The molecule has 0 aliphatic carbocycles. The number of benzene rings is 1. The van der Waals surface area contributed by atoms with Gasteiger partial charge in [-0.25, -0.2) is 4.79 Å². The average Bonchev–Trinajstić information content (AvgIpc) is 2.40. The van der Waals surface area contributed by atoms with Crippen molar-refractivity contribution in [3.63, 3.8) is 0 Å². The number of phenolic OH excluding ortho intramolecular Hbond substituents is 1. The Labute approximate surface area is 111 Å². The van der Waals surface area contributed by atoms with Crippen LogP contribution < -0.4 is 0 Å². The van der Waals surface area contributed by atoms with Crippen molar-refractivity contribution in [1.29, 1.82) is 0 Å². The summed E-state index contributed by atoms with van der Waals surface area (Å²) in [5.41, 5.74) is 0.777. The Morgan fingerprint density at radius 2 is 2.11 bits per heavy atom. The number of carbonyl (C=O) groups excluding carboxylic acids is 2. The van der Waals surface area contributed by atoms with Crippen molar-refractivity contribution in [1.82, 2.24) is 0 Å². The lowest BCUT2D eigenvalue weighted by Crippen LogP contribution is -2.01. The van der Waals surface area contributed by atoms with Crippen LogP contribution in [0.2, 0.25) is 0 Å². The first-order valence-electron chi connectivity index (χ1n) is 5.82. The molecule has 1 N–H and O–H groups in total. The lowest BCUT2D eigenvalue weighted by atomic mass is 10.1. The minimum absolute atomic E-state index is 0.0528. The van der Waals surface area contributed by atoms with Crippen molar-refractivity contribution in [2.45, 2.75) is 13.3 Å². The summed E-state index contributed by atoms with van der Waals surface area (Å²) in [5.74, 6) is -0.898. The molecule has 0 aromatic heterocycles. The van der Waals surface area contributed by atoms with Crippen molar-refractivity contribution in [3.8, 4) is 5.75 Å². The fourth-order valence-corrected chi connectivity index (χ4v) is 1.43. The Morgan fingerprint density at radius 1 is 1.37 bits per heavy atom. The number of hydrogen-bond acceptors (Lipinski definition) is 5. The minimum Gasteiger partial charge on any atom is -0.507 e. The van der Waals surface area contributed by atoms with Crippen LogP contribution in [-0.4, -0.2) is 30.8 Å². The van der Waals surface area contributed by atoms with Crippen LogP contribution >= 0.6 is 0 Å². The predicted molar refractivity (Wildman–Crippen MR) is 69.7 cm³/mol. The van der Waals surface area contributed by atoms with E-state index >= 15 is 0 Å². The highest BCUT2D eigenvalue weighted by atomic mass is 16.5. The summed E-state index contributed by atoms with van der Waals surface area (Å²) in [4.78, 5) is 22.3. The maximum Gasteiger partial charge on any atom is 0.337 e. The van der Waals surface area contributed by atoms with E-state index in [0.29, 0.717) is 12.2 Å². The SMILES string of the molecule is CCOC(=O)CC=Cc1ccc(C(=O)OC)cc1O. The Kier molecular flexibility index (Phi) is 5.60. The highest BCUT2D eigenvalue weighted by Gasteiger charge is 2.07. The van der Waals surface area contributed by atoms with Gasteiger partial charge in [0.15, 0.2) is 0 Å². The zero-order valence-electron chi connectivity index (χ0n) is 10.9. The fourth-order valence-electron chi connectivity index (χ4n) is 1.43. The number of hydrogen-bond donors (Lipinski definition) is 1. The first-order valence-corrected chi connectivity index (χ1v) is 5.82. The van der Waals surface area contributed by atoms with Crippen LogP contribution in [0.15, 0.2) is 24.3 Å². The molecule has 0 aliphatic heterocycles. The van der Waals surface area contributed by atoms with E-state index < -0.39 is 5.97 Å². The molecule has 0 unspecified atom stereocenters. The predicted octanol–water partition coefficient (Wildman–Crippen LogP) is 2.15. The number of phenols is 1. The Hall–Kier alpha value is -2.30. The zero-order valence-corrected chi connectivity index (χ0v) is 10.9. The van der Waals surface area contributed by atoms with Crippen LogP contribution in [0, 0.1) is 0 Å². The van der Waals surface area contributed by atoms with Gasteiger partial charge in [0.1, 0.15) is 5.75 Å². The van der Waals surface area contributed by atoms with Gasteiger partial charge in [0, 0.05) is 5.56 Å². The smallest absolute Gasteiger partial charge is 0.337 e. The highest BCUT2D eigenvalue weighted by molar-refractivity contribution is 5.90. The normalized spacial score (nSPS) is 10.4. The summed E-state index contributed by atoms with van der Waals surface area (Å²) in [6.45, 7) is 2.07. The zero-order chi connectivity index (χ0) is 14.3. The maximum absolute atomic E-state index is 11.2. The number of esters is 2. The third-order valence-corrected chi connectivity index (χ3v) is 2.34. The summed E-state index contributed by atoms with van der Waals surface area (Å²) < 4.78 is 9.30. The molecule has 0 saturated carbocycles. The van der Waals surface area contributed by atoms with E-state index in [4.69, 9.17) is 4.74 Å². The second-order valence-corrected chi connectivity index (χ2v) is 3.68. The van der Waals surface area contributed by atoms with E-state index in [1.807, 2.05) is 0 Å². The Balaban J connectivity index is 2.72. The fraction of sp³-hybridized carbons (Fsp3) is 0.286. The average molecular weight is 264 g/mol. The van der Waals surface area contributed by atoms with Gasteiger partial charge in [-0.1, -0.05) is 18.2 Å². The molecule has 19 heavy (non-hydrogen) atoms. The van der Waals surface area contributed by atoms with Gasteiger partial charge < -0.3 is 14.6 Å². The van der Waals surface area contributed by atoms with Crippen LogP contribution in [0.5, 0.6) is 5.75 Å². The number of rotatable bonds is 5. The number of methoxy groups -OCH3 is 1. The molecule has 1 rings (SSSR count). The summed E-state index contributed by atoms with van der Waals surface area (Å²) in [6, 6.07) is 4.43. The molecule has 0 bridgehead atoms. The van der Waals surface area contributed by atoms with Gasteiger partial charge in [0.2, 0.25) is 0 Å². The van der Waals surface area contributed by atoms with Gasteiger partial charge in [-0.05, 0) is 19.1 Å². The number of ether oxygens (including phenoxy) is 2. The van der Waals surface area contributed by atoms with Gasteiger partial charge in [0.05, 0.1) is 25.7 Å². The van der Waals surface area contributed by atoms with E-state index in [-0.39, 0.29) is 23.7 Å². The molecule has 102 valence electrons. The quantitative estimate of drug-likeness (QED) is 0.825. The first kappa shape index (κ1) is 14.8. The summed E-state index contributed by atoms with van der Waals surface area (Å²) >= 11 is 0. The lowest BCUT2D eigenvalue weighted by molar-refractivity contribution is -0.142. The molecule has 0 heterocycles. The molecule has 0 amide bonds. The monoisotopic (exact) mass is 264 g/mol. The third-order valence-electron chi connectivity index (χ3n) is 2.34. The van der Waals surface area contributed by atoms with Crippen LogP contribution in [0.1, 0.15) is 29.3 Å².